The van der Waals surface area contributed by atoms with E-state index in [9.17, 15) is 15.3 Å². The van der Waals surface area contributed by atoms with Crippen LogP contribution in [0.25, 0.3) is 0 Å². The zero-order chi connectivity index (χ0) is 13.1. The van der Waals surface area contributed by atoms with Gasteiger partial charge in [0.15, 0.2) is 0 Å². The average Bonchev–Trinajstić information content (AvgIpc) is 2.66. The van der Waals surface area contributed by atoms with Gasteiger partial charge < -0.3 is 15.3 Å². The molecule has 3 N–H and O–H groups in total. The molecular weight excluding hydrogens is 298 g/mol. The van der Waals surface area contributed by atoms with E-state index >= 15 is 0 Å². The molecule has 1 aliphatic heterocycles. The summed E-state index contributed by atoms with van der Waals surface area (Å²) < 4.78 is 0.902. The van der Waals surface area contributed by atoms with Gasteiger partial charge in [-0.15, -0.1) is 0 Å². The Kier molecular flexibility index (Phi) is 4.75. The third kappa shape index (κ3) is 3.30. The Labute approximate surface area is 115 Å². The molecule has 0 radical (unpaired) electrons. The molecule has 18 heavy (non-hydrogen) atoms. The van der Waals surface area contributed by atoms with Crippen LogP contribution in [0.3, 0.4) is 0 Å². The van der Waals surface area contributed by atoms with Gasteiger partial charge in [-0.2, -0.15) is 0 Å². The van der Waals surface area contributed by atoms with Crippen molar-refractivity contribution in [3.63, 3.8) is 0 Å². The van der Waals surface area contributed by atoms with Gasteiger partial charge in [0.05, 0.1) is 18.3 Å². The minimum Gasteiger partial charge on any atom is -0.389 e. The van der Waals surface area contributed by atoms with Crippen molar-refractivity contribution in [1.82, 2.24) is 4.90 Å². The summed E-state index contributed by atoms with van der Waals surface area (Å²) in [7, 11) is 0. The topological polar surface area (TPSA) is 63.9 Å². The number of halogens is 1. The Morgan fingerprint density at radius 3 is 2.44 bits per heavy atom. The van der Waals surface area contributed by atoms with Gasteiger partial charge in [0, 0.05) is 24.1 Å². The molecule has 2 rings (SSSR count). The lowest BCUT2D eigenvalue weighted by atomic mass is 10.1. The number of β-amino-alcohol motifs (C(OH)–C–C–N with tert-alkyl or cyclic N) is 2. The summed E-state index contributed by atoms with van der Waals surface area (Å²) in [4.78, 5) is 1.97. The third-order valence-corrected chi connectivity index (χ3v) is 4.04. The van der Waals surface area contributed by atoms with Crippen LogP contribution in [0.2, 0.25) is 0 Å². The van der Waals surface area contributed by atoms with Crippen molar-refractivity contribution in [3.8, 4) is 0 Å². The fourth-order valence-corrected chi connectivity index (χ4v) is 2.78. The van der Waals surface area contributed by atoms with Crippen LogP contribution >= 0.6 is 15.9 Å². The van der Waals surface area contributed by atoms with Crippen LogP contribution in [0.1, 0.15) is 18.1 Å². The van der Waals surface area contributed by atoms with E-state index in [1.807, 2.05) is 29.2 Å². The summed E-state index contributed by atoms with van der Waals surface area (Å²) in [5.74, 6) is 0. The predicted molar refractivity (Wildman–Crippen MR) is 72.2 cm³/mol. The Morgan fingerprint density at radius 2 is 1.83 bits per heavy atom. The highest BCUT2D eigenvalue weighted by molar-refractivity contribution is 9.10. The quantitative estimate of drug-likeness (QED) is 0.773. The standard InChI is InChI=1S/C13H18BrNO3/c14-10-4-2-1-3-9(10)11(16)5-6-15-7-12(17)13(18)8-15/h1-4,11-13,16-18H,5-8H2. The molecule has 0 aromatic heterocycles. The molecule has 0 aliphatic carbocycles. The van der Waals surface area contributed by atoms with Crippen LogP contribution in [0.15, 0.2) is 28.7 Å². The van der Waals surface area contributed by atoms with Crippen LogP contribution in [0, 0.1) is 0 Å². The van der Waals surface area contributed by atoms with Crippen molar-refractivity contribution < 1.29 is 15.3 Å². The van der Waals surface area contributed by atoms with Crippen molar-refractivity contribution in [2.45, 2.75) is 24.7 Å². The Balaban J connectivity index is 1.86. The number of hydrogen-bond acceptors (Lipinski definition) is 4. The van der Waals surface area contributed by atoms with E-state index < -0.39 is 18.3 Å². The molecule has 5 heteroatoms. The SMILES string of the molecule is OC(CCN1CC(O)C(O)C1)c1ccccc1Br. The summed E-state index contributed by atoms with van der Waals surface area (Å²) in [5, 5.41) is 29.0. The first-order valence-electron chi connectivity index (χ1n) is 6.09. The van der Waals surface area contributed by atoms with Crippen molar-refractivity contribution in [2.24, 2.45) is 0 Å². The summed E-state index contributed by atoms with van der Waals surface area (Å²) in [5.41, 5.74) is 0.873. The Hall–Kier alpha value is -0.460. The van der Waals surface area contributed by atoms with Crippen LogP contribution in [-0.4, -0.2) is 52.1 Å². The molecule has 1 aliphatic rings. The average molecular weight is 316 g/mol. The largest absolute Gasteiger partial charge is 0.389 e. The lowest BCUT2D eigenvalue weighted by molar-refractivity contribution is 0.0572. The fourth-order valence-electron chi connectivity index (χ4n) is 2.24. The normalized spacial score (nSPS) is 26.4. The van der Waals surface area contributed by atoms with Gasteiger partial charge in [0.25, 0.3) is 0 Å². The Bertz CT molecular complexity index is 392. The van der Waals surface area contributed by atoms with E-state index in [1.165, 1.54) is 0 Å². The van der Waals surface area contributed by atoms with Crippen molar-refractivity contribution >= 4 is 15.9 Å². The first kappa shape index (κ1) is 14.0. The van der Waals surface area contributed by atoms with Crippen molar-refractivity contribution in [3.05, 3.63) is 34.3 Å². The van der Waals surface area contributed by atoms with Gasteiger partial charge in [-0.1, -0.05) is 34.1 Å². The fraction of sp³-hybridized carbons (Fsp3) is 0.538. The number of aliphatic hydroxyl groups is 3. The molecule has 1 heterocycles. The smallest absolute Gasteiger partial charge is 0.0938 e. The second kappa shape index (κ2) is 6.12. The molecule has 3 atom stereocenters. The maximum absolute atomic E-state index is 10.1. The first-order valence-corrected chi connectivity index (χ1v) is 6.88. The summed E-state index contributed by atoms with van der Waals surface area (Å²) >= 11 is 3.42. The lowest BCUT2D eigenvalue weighted by Crippen LogP contribution is -2.24. The van der Waals surface area contributed by atoms with E-state index in [0.717, 1.165) is 10.0 Å². The van der Waals surface area contributed by atoms with E-state index in [1.54, 1.807) is 0 Å². The molecule has 0 spiro atoms. The molecular formula is C13H18BrNO3. The predicted octanol–water partition coefficient (Wildman–Crippen LogP) is 0.910. The number of benzene rings is 1. The van der Waals surface area contributed by atoms with Gasteiger partial charge in [-0.05, 0) is 18.1 Å². The van der Waals surface area contributed by atoms with E-state index in [2.05, 4.69) is 15.9 Å². The van der Waals surface area contributed by atoms with Gasteiger partial charge in [0.2, 0.25) is 0 Å². The van der Waals surface area contributed by atoms with E-state index in [0.29, 0.717) is 26.1 Å². The monoisotopic (exact) mass is 315 g/mol. The number of hydrogen-bond donors (Lipinski definition) is 3. The van der Waals surface area contributed by atoms with Gasteiger partial charge in [-0.25, -0.2) is 0 Å². The molecule has 100 valence electrons. The van der Waals surface area contributed by atoms with Crippen LogP contribution in [-0.2, 0) is 0 Å². The zero-order valence-electron chi connectivity index (χ0n) is 10.0. The minimum atomic E-state index is -0.661. The van der Waals surface area contributed by atoms with Gasteiger partial charge in [-0.3, -0.25) is 4.90 Å². The molecule has 0 bridgehead atoms. The molecule has 4 nitrogen and oxygen atoms in total. The zero-order valence-corrected chi connectivity index (χ0v) is 11.6. The van der Waals surface area contributed by atoms with Crippen molar-refractivity contribution in [2.75, 3.05) is 19.6 Å². The van der Waals surface area contributed by atoms with E-state index in [-0.39, 0.29) is 0 Å². The van der Waals surface area contributed by atoms with E-state index in [4.69, 9.17) is 0 Å². The highest BCUT2D eigenvalue weighted by atomic mass is 79.9. The molecule has 1 aromatic rings. The summed E-state index contributed by atoms with van der Waals surface area (Å²) in [6.07, 6.45) is -1.27. The number of nitrogens with zero attached hydrogens (tertiary/aromatic N) is 1. The minimum absolute atomic E-state index is 0.476. The Morgan fingerprint density at radius 1 is 1.22 bits per heavy atom. The molecule has 1 saturated heterocycles. The first-order chi connectivity index (χ1) is 8.58. The highest BCUT2D eigenvalue weighted by Crippen LogP contribution is 2.25. The molecule has 0 saturated carbocycles. The summed E-state index contributed by atoms with van der Waals surface area (Å²) in [6.45, 7) is 1.62. The molecule has 3 unspecified atom stereocenters. The molecule has 1 fully saturated rings. The maximum atomic E-state index is 10.1. The van der Waals surface area contributed by atoms with Crippen LogP contribution < -0.4 is 0 Å². The van der Waals surface area contributed by atoms with Crippen LogP contribution in [0.5, 0.6) is 0 Å². The lowest BCUT2D eigenvalue weighted by Gasteiger charge is -2.18. The van der Waals surface area contributed by atoms with Gasteiger partial charge >= 0.3 is 0 Å². The molecule has 1 aromatic carbocycles. The van der Waals surface area contributed by atoms with Crippen molar-refractivity contribution in [1.29, 1.82) is 0 Å². The highest BCUT2D eigenvalue weighted by Gasteiger charge is 2.29. The third-order valence-electron chi connectivity index (χ3n) is 3.32. The second-order valence-electron chi connectivity index (χ2n) is 4.72. The van der Waals surface area contributed by atoms with Crippen LogP contribution in [0.4, 0.5) is 0 Å². The maximum Gasteiger partial charge on any atom is 0.0938 e. The molecule has 0 amide bonds. The number of likely N-dealkylation sites (tertiary alicyclic amines) is 1. The summed E-state index contributed by atoms with van der Waals surface area (Å²) in [6, 6.07) is 7.60. The number of aliphatic hydroxyl groups excluding tert-OH is 3. The number of rotatable bonds is 4. The second-order valence-corrected chi connectivity index (χ2v) is 5.57. The van der Waals surface area contributed by atoms with Gasteiger partial charge in [0.1, 0.15) is 0 Å².